The van der Waals surface area contributed by atoms with Crippen LogP contribution in [0.2, 0.25) is 0 Å². The van der Waals surface area contributed by atoms with Gasteiger partial charge in [0, 0.05) is 12.1 Å². The molecule has 1 aromatic heterocycles. The fraction of sp³-hybridized carbons (Fsp3) is 0.333. The third-order valence-electron chi connectivity index (χ3n) is 5.48. The number of rotatable bonds is 10. The average molecular weight is 426 g/mol. The Labute approximate surface area is 181 Å². The topological polar surface area (TPSA) is 74.0 Å². The van der Waals surface area contributed by atoms with Crippen LogP contribution in [0.4, 0.5) is 4.39 Å². The van der Waals surface area contributed by atoms with Crippen LogP contribution >= 0.6 is 0 Å². The quantitative estimate of drug-likeness (QED) is 0.579. The lowest BCUT2D eigenvalue weighted by Gasteiger charge is -2.28. The fourth-order valence-electron chi connectivity index (χ4n) is 3.79. The molecule has 7 heteroatoms. The van der Waals surface area contributed by atoms with Gasteiger partial charge in [-0.3, -0.25) is 9.59 Å². The lowest BCUT2D eigenvalue weighted by molar-refractivity contribution is -0.129. The second-order valence-corrected chi connectivity index (χ2v) is 7.28. The van der Waals surface area contributed by atoms with Gasteiger partial charge in [-0.1, -0.05) is 32.0 Å². The van der Waals surface area contributed by atoms with Crippen molar-refractivity contribution in [3.8, 4) is 0 Å². The second kappa shape index (κ2) is 10.2. The number of halogens is 1. The first kappa shape index (κ1) is 22.5. The van der Waals surface area contributed by atoms with E-state index in [0.29, 0.717) is 12.2 Å². The molecular weight excluding hydrogens is 399 g/mol. The van der Waals surface area contributed by atoms with Crippen molar-refractivity contribution in [2.45, 2.75) is 26.3 Å². The summed E-state index contributed by atoms with van der Waals surface area (Å²) in [6, 6.07) is 8.37. The molecule has 2 heterocycles. The van der Waals surface area contributed by atoms with Gasteiger partial charge in [0.25, 0.3) is 5.91 Å². The van der Waals surface area contributed by atoms with Gasteiger partial charge in [-0.2, -0.15) is 0 Å². The summed E-state index contributed by atoms with van der Waals surface area (Å²) in [4.78, 5) is 29.4. The molecular formula is C24H27FN2O4. The van der Waals surface area contributed by atoms with Crippen LogP contribution in [-0.4, -0.2) is 52.8 Å². The normalized spacial score (nSPS) is 16.8. The van der Waals surface area contributed by atoms with Gasteiger partial charge < -0.3 is 19.3 Å². The molecule has 0 spiro atoms. The highest BCUT2D eigenvalue weighted by Crippen LogP contribution is 2.39. The molecule has 0 radical (unpaired) electrons. The van der Waals surface area contributed by atoms with E-state index in [1.54, 1.807) is 24.3 Å². The van der Waals surface area contributed by atoms with Crippen molar-refractivity contribution in [2.24, 2.45) is 0 Å². The van der Waals surface area contributed by atoms with Crippen LogP contribution in [0.15, 0.2) is 64.5 Å². The number of aliphatic hydroxyl groups excluding tert-OH is 1. The number of furan rings is 1. The number of ketones is 1. The minimum Gasteiger partial charge on any atom is -0.503 e. The molecule has 0 saturated carbocycles. The molecule has 0 fully saturated rings. The predicted octanol–water partition coefficient (Wildman–Crippen LogP) is 4.13. The van der Waals surface area contributed by atoms with Crippen LogP contribution in [0.3, 0.4) is 0 Å². The van der Waals surface area contributed by atoms with E-state index in [1.807, 2.05) is 0 Å². The minimum absolute atomic E-state index is 0.124. The molecule has 1 aliphatic heterocycles. The first-order chi connectivity index (χ1) is 15.0. The molecule has 1 atom stereocenters. The third kappa shape index (κ3) is 4.94. The number of hydrogen-bond acceptors (Lipinski definition) is 5. The number of allylic oxidation sites excluding steroid dienone is 1. The van der Waals surface area contributed by atoms with Gasteiger partial charge in [0.1, 0.15) is 11.6 Å². The van der Waals surface area contributed by atoms with Gasteiger partial charge in [-0.05, 0) is 56.4 Å². The van der Waals surface area contributed by atoms with Gasteiger partial charge in [0.2, 0.25) is 0 Å². The van der Waals surface area contributed by atoms with E-state index in [-0.39, 0.29) is 17.7 Å². The SMILES string of the molecule is CCN(CC)CCCN1C(=O)C(O)=C(C(=O)/C=C/c2ccco2)C1c1ccccc1F. The lowest BCUT2D eigenvalue weighted by atomic mass is 9.95. The van der Waals surface area contributed by atoms with Gasteiger partial charge in [0.15, 0.2) is 11.5 Å². The zero-order chi connectivity index (χ0) is 22.4. The van der Waals surface area contributed by atoms with Crippen LogP contribution < -0.4 is 0 Å². The fourth-order valence-corrected chi connectivity index (χ4v) is 3.79. The van der Waals surface area contributed by atoms with Crippen molar-refractivity contribution in [1.82, 2.24) is 9.80 Å². The molecule has 1 N–H and O–H groups in total. The highest BCUT2D eigenvalue weighted by molar-refractivity contribution is 6.14. The Kier molecular flexibility index (Phi) is 7.41. The Morgan fingerprint density at radius 1 is 1.23 bits per heavy atom. The first-order valence-corrected chi connectivity index (χ1v) is 10.4. The minimum atomic E-state index is -0.987. The zero-order valence-electron chi connectivity index (χ0n) is 17.8. The summed E-state index contributed by atoms with van der Waals surface area (Å²) < 4.78 is 19.9. The molecule has 1 aliphatic rings. The van der Waals surface area contributed by atoms with Crippen LogP contribution in [0.1, 0.15) is 37.6 Å². The largest absolute Gasteiger partial charge is 0.503 e. The van der Waals surface area contributed by atoms with Crippen molar-refractivity contribution in [3.05, 3.63) is 77.2 Å². The second-order valence-electron chi connectivity index (χ2n) is 7.28. The molecule has 1 unspecified atom stereocenters. The summed E-state index contributed by atoms with van der Waals surface area (Å²) >= 11 is 0. The Bertz CT molecular complexity index is 977. The monoisotopic (exact) mass is 426 g/mol. The molecule has 6 nitrogen and oxygen atoms in total. The van der Waals surface area contributed by atoms with Gasteiger partial charge in [-0.15, -0.1) is 0 Å². The van der Waals surface area contributed by atoms with E-state index in [0.717, 1.165) is 19.6 Å². The third-order valence-corrected chi connectivity index (χ3v) is 5.48. The Hall–Kier alpha value is -3.19. The van der Waals surface area contributed by atoms with Crippen LogP contribution in [-0.2, 0) is 9.59 Å². The lowest BCUT2D eigenvalue weighted by Crippen LogP contribution is -2.34. The summed E-state index contributed by atoms with van der Waals surface area (Å²) in [5.74, 6) is -1.95. The van der Waals surface area contributed by atoms with E-state index >= 15 is 0 Å². The molecule has 0 aliphatic carbocycles. The summed E-state index contributed by atoms with van der Waals surface area (Å²) in [5, 5.41) is 10.6. The first-order valence-electron chi connectivity index (χ1n) is 10.4. The predicted molar refractivity (Wildman–Crippen MR) is 116 cm³/mol. The van der Waals surface area contributed by atoms with Crippen LogP contribution in [0, 0.1) is 5.82 Å². The number of amides is 1. The molecule has 2 aromatic rings. The number of hydrogen-bond donors (Lipinski definition) is 1. The Morgan fingerprint density at radius 3 is 2.61 bits per heavy atom. The van der Waals surface area contributed by atoms with Crippen molar-refractivity contribution in [1.29, 1.82) is 0 Å². The molecule has 3 rings (SSSR count). The Morgan fingerprint density at radius 2 is 1.97 bits per heavy atom. The van der Waals surface area contributed by atoms with Crippen LogP contribution in [0.25, 0.3) is 6.08 Å². The van der Waals surface area contributed by atoms with Crippen molar-refractivity contribution in [2.75, 3.05) is 26.2 Å². The van der Waals surface area contributed by atoms with E-state index < -0.39 is 29.3 Å². The highest BCUT2D eigenvalue weighted by atomic mass is 19.1. The molecule has 31 heavy (non-hydrogen) atoms. The molecule has 164 valence electrons. The van der Waals surface area contributed by atoms with Crippen molar-refractivity contribution < 1.29 is 23.5 Å². The van der Waals surface area contributed by atoms with E-state index in [1.165, 1.54) is 35.4 Å². The van der Waals surface area contributed by atoms with Gasteiger partial charge in [-0.25, -0.2) is 4.39 Å². The van der Waals surface area contributed by atoms with E-state index in [4.69, 9.17) is 4.42 Å². The van der Waals surface area contributed by atoms with Crippen molar-refractivity contribution >= 4 is 17.8 Å². The number of nitrogens with zero attached hydrogens (tertiary/aromatic N) is 2. The van der Waals surface area contributed by atoms with E-state index in [9.17, 15) is 19.1 Å². The molecule has 0 saturated heterocycles. The maximum atomic E-state index is 14.7. The number of carbonyl (C=O) groups is 2. The highest BCUT2D eigenvalue weighted by Gasteiger charge is 2.43. The zero-order valence-corrected chi connectivity index (χ0v) is 17.8. The maximum absolute atomic E-state index is 14.7. The summed E-state index contributed by atoms with van der Waals surface area (Å²) in [6.07, 6.45) is 4.79. The number of aliphatic hydroxyl groups is 1. The maximum Gasteiger partial charge on any atom is 0.290 e. The smallest absolute Gasteiger partial charge is 0.290 e. The Balaban J connectivity index is 1.91. The number of carbonyl (C=O) groups excluding carboxylic acids is 2. The summed E-state index contributed by atoms with van der Waals surface area (Å²) in [7, 11) is 0. The van der Waals surface area contributed by atoms with Crippen molar-refractivity contribution in [3.63, 3.8) is 0 Å². The number of benzene rings is 1. The standard InChI is InChI=1S/C24H27FN2O4/c1-3-26(4-2)14-8-15-27-22(18-10-5-6-11-19(18)25)21(23(29)24(27)30)20(28)13-12-17-9-7-16-31-17/h5-7,9-13,16,22,29H,3-4,8,14-15H2,1-2H3/b13-12+. The molecule has 1 amide bonds. The van der Waals surface area contributed by atoms with Crippen LogP contribution in [0.5, 0.6) is 0 Å². The van der Waals surface area contributed by atoms with Gasteiger partial charge >= 0.3 is 0 Å². The molecule has 1 aromatic carbocycles. The molecule has 0 bridgehead atoms. The summed E-state index contributed by atoms with van der Waals surface area (Å²) in [6.45, 7) is 6.92. The van der Waals surface area contributed by atoms with Gasteiger partial charge in [0.05, 0.1) is 17.9 Å². The average Bonchev–Trinajstić information content (AvgIpc) is 3.38. The summed E-state index contributed by atoms with van der Waals surface area (Å²) in [5.41, 5.74) is 0.0539. The van der Waals surface area contributed by atoms with E-state index in [2.05, 4.69) is 18.7 Å².